The van der Waals surface area contributed by atoms with Gasteiger partial charge in [-0.15, -0.1) is 0 Å². The van der Waals surface area contributed by atoms with Crippen LogP contribution >= 0.6 is 0 Å². The minimum Gasteiger partial charge on any atom is -0.159 e. The smallest absolute Gasteiger partial charge is 0.0932 e. The van der Waals surface area contributed by atoms with E-state index in [9.17, 15) is 0 Å². The van der Waals surface area contributed by atoms with Crippen molar-refractivity contribution in [1.29, 1.82) is 0 Å². The van der Waals surface area contributed by atoms with Gasteiger partial charge in [-0.2, -0.15) is 10.2 Å². The fourth-order valence-electron chi connectivity index (χ4n) is 1.39. The Hall–Kier alpha value is -1.44. The summed E-state index contributed by atoms with van der Waals surface area (Å²) < 4.78 is 0. The fraction of sp³-hybridized carbons (Fsp3) is 0.200. The summed E-state index contributed by atoms with van der Waals surface area (Å²) in [5.74, 6) is 0. The zero-order chi connectivity index (χ0) is 8.39. The Balaban J connectivity index is 2.79. The number of benzene rings is 1. The van der Waals surface area contributed by atoms with Crippen LogP contribution in [-0.4, -0.2) is 10.2 Å². The number of nitrogens with zero attached hydrogens (tertiary/aromatic N) is 2. The standard InChI is InChI=1S/C10H10N2/c1-2-8-4-3-5-10-9(8)6-7-11-12-10/h3-7H,2H2,1H3. The summed E-state index contributed by atoms with van der Waals surface area (Å²) in [5, 5.41) is 9.10. The molecule has 60 valence electrons. The van der Waals surface area contributed by atoms with Gasteiger partial charge in [0.15, 0.2) is 0 Å². The van der Waals surface area contributed by atoms with Crippen LogP contribution in [0.25, 0.3) is 10.9 Å². The Morgan fingerprint density at radius 3 is 3.00 bits per heavy atom. The first kappa shape index (κ1) is 7.22. The maximum atomic E-state index is 4.04. The van der Waals surface area contributed by atoms with E-state index in [0.717, 1.165) is 11.9 Å². The lowest BCUT2D eigenvalue weighted by Gasteiger charge is -2.00. The molecule has 0 aliphatic heterocycles. The lowest BCUT2D eigenvalue weighted by Crippen LogP contribution is -1.86. The zero-order valence-electron chi connectivity index (χ0n) is 6.99. The number of rotatable bonds is 1. The quantitative estimate of drug-likeness (QED) is 0.635. The molecule has 1 aromatic carbocycles. The molecule has 0 saturated carbocycles. The Kier molecular flexibility index (Phi) is 1.74. The van der Waals surface area contributed by atoms with Crippen LogP contribution < -0.4 is 0 Å². The van der Waals surface area contributed by atoms with E-state index in [1.54, 1.807) is 6.20 Å². The van der Waals surface area contributed by atoms with Gasteiger partial charge in [-0.05, 0) is 24.1 Å². The summed E-state index contributed by atoms with van der Waals surface area (Å²) in [7, 11) is 0. The van der Waals surface area contributed by atoms with Gasteiger partial charge in [0.2, 0.25) is 0 Å². The van der Waals surface area contributed by atoms with E-state index in [2.05, 4.69) is 23.2 Å². The summed E-state index contributed by atoms with van der Waals surface area (Å²) >= 11 is 0. The lowest BCUT2D eigenvalue weighted by molar-refractivity contribution is 1.07. The highest BCUT2D eigenvalue weighted by Gasteiger charge is 1.97. The van der Waals surface area contributed by atoms with Crippen molar-refractivity contribution >= 4 is 10.9 Å². The molecule has 0 unspecified atom stereocenters. The molecule has 0 amide bonds. The van der Waals surface area contributed by atoms with Crippen molar-refractivity contribution < 1.29 is 0 Å². The molecule has 0 saturated heterocycles. The molecule has 0 aliphatic carbocycles. The van der Waals surface area contributed by atoms with E-state index >= 15 is 0 Å². The first-order valence-corrected chi connectivity index (χ1v) is 4.11. The highest BCUT2D eigenvalue weighted by Crippen LogP contribution is 2.15. The van der Waals surface area contributed by atoms with Gasteiger partial charge in [0, 0.05) is 5.39 Å². The van der Waals surface area contributed by atoms with Gasteiger partial charge >= 0.3 is 0 Å². The molecule has 0 N–H and O–H groups in total. The van der Waals surface area contributed by atoms with Crippen LogP contribution in [0.3, 0.4) is 0 Å². The molecule has 0 bridgehead atoms. The molecule has 0 spiro atoms. The van der Waals surface area contributed by atoms with E-state index in [-0.39, 0.29) is 0 Å². The van der Waals surface area contributed by atoms with Gasteiger partial charge in [0.1, 0.15) is 0 Å². The summed E-state index contributed by atoms with van der Waals surface area (Å²) in [6.07, 6.45) is 2.78. The van der Waals surface area contributed by atoms with Crippen LogP contribution in [0, 0.1) is 0 Å². The Morgan fingerprint density at radius 1 is 1.25 bits per heavy atom. The average molecular weight is 158 g/mol. The molecule has 0 fully saturated rings. The number of aryl methyl sites for hydroxylation is 1. The summed E-state index contributed by atoms with van der Waals surface area (Å²) in [4.78, 5) is 0. The summed E-state index contributed by atoms with van der Waals surface area (Å²) in [6.45, 7) is 2.15. The van der Waals surface area contributed by atoms with Gasteiger partial charge in [-0.3, -0.25) is 0 Å². The fourth-order valence-corrected chi connectivity index (χ4v) is 1.39. The average Bonchev–Trinajstić information content (AvgIpc) is 2.17. The molecule has 0 atom stereocenters. The van der Waals surface area contributed by atoms with Crippen molar-refractivity contribution in [3.8, 4) is 0 Å². The number of hydrogen-bond acceptors (Lipinski definition) is 2. The number of hydrogen-bond donors (Lipinski definition) is 0. The van der Waals surface area contributed by atoms with Crippen molar-refractivity contribution in [3.63, 3.8) is 0 Å². The molecular formula is C10H10N2. The zero-order valence-corrected chi connectivity index (χ0v) is 6.99. The Bertz CT molecular complexity index is 390. The number of fused-ring (bicyclic) bond motifs is 1. The predicted molar refractivity (Wildman–Crippen MR) is 48.9 cm³/mol. The normalized spacial score (nSPS) is 10.4. The Morgan fingerprint density at radius 2 is 2.17 bits per heavy atom. The van der Waals surface area contributed by atoms with Crippen molar-refractivity contribution in [2.24, 2.45) is 0 Å². The third-order valence-electron chi connectivity index (χ3n) is 2.03. The van der Waals surface area contributed by atoms with Crippen LogP contribution in [0.4, 0.5) is 0 Å². The van der Waals surface area contributed by atoms with E-state index in [1.807, 2.05) is 18.2 Å². The summed E-state index contributed by atoms with van der Waals surface area (Å²) in [6, 6.07) is 8.16. The molecular weight excluding hydrogens is 148 g/mol. The van der Waals surface area contributed by atoms with E-state index in [1.165, 1.54) is 10.9 Å². The van der Waals surface area contributed by atoms with Crippen molar-refractivity contribution in [1.82, 2.24) is 10.2 Å². The van der Waals surface area contributed by atoms with Crippen LogP contribution in [0.5, 0.6) is 0 Å². The number of aromatic nitrogens is 2. The van der Waals surface area contributed by atoms with Gasteiger partial charge in [-0.25, -0.2) is 0 Å². The molecule has 2 aromatic rings. The third-order valence-corrected chi connectivity index (χ3v) is 2.03. The van der Waals surface area contributed by atoms with Crippen LogP contribution in [0.15, 0.2) is 30.5 Å². The monoisotopic (exact) mass is 158 g/mol. The topological polar surface area (TPSA) is 25.8 Å². The first-order valence-electron chi connectivity index (χ1n) is 4.11. The Labute approximate surface area is 71.3 Å². The van der Waals surface area contributed by atoms with Gasteiger partial charge in [-0.1, -0.05) is 19.1 Å². The van der Waals surface area contributed by atoms with Gasteiger partial charge in [0.05, 0.1) is 11.7 Å². The maximum Gasteiger partial charge on any atom is 0.0932 e. The predicted octanol–water partition coefficient (Wildman–Crippen LogP) is 2.19. The van der Waals surface area contributed by atoms with Crippen LogP contribution in [-0.2, 0) is 6.42 Å². The molecule has 1 aromatic heterocycles. The molecule has 2 heteroatoms. The first-order chi connectivity index (χ1) is 5.92. The SMILES string of the molecule is CCc1cccc2nnccc12. The van der Waals surface area contributed by atoms with Gasteiger partial charge in [0.25, 0.3) is 0 Å². The lowest BCUT2D eigenvalue weighted by atomic mass is 10.1. The summed E-state index contributed by atoms with van der Waals surface area (Å²) in [5.41, 5.74) is 2.32. The molecule has 12 heavy (non-hydrogen) atoms. The maximum absolute atomic E-state index is 4.04. The van der Waals surface area contributed by atoms with E-state index in [0.29, 0.717) is 0 Å². The van der Waals surface area contributed by atoms with Crippen LogP contribution in [0.2, 0.25) is 0 Å². The molecule has 2 nitrogen and oxygen atoms in total. The largest absolute Gasteiger partial charge is 0.159 e. The minimum absolute atomic E-state index is 0.983. The highest BCUT2D eigenvalue weighted by atomic mass is 15.1. The second-order valence-electron chi connectivity index (χ2n) is 2.73. The van der Waals surface area contributed by atoms with E-state index in [4.69, 9.17) is 0 Å². The molecule has 2 rings (SSSR count). The van der Waals surface area contributed by atoms with Crippen molar-refractivity contribution in [2.45, 2.75) is 13.3 Å². The van der Waals surface area contributed by atoms with Crippen molar-refractivity contribution in [3.05, 3.63) is 36.0 Å². The molecule has 1 heterocycles. The minimum atomic E-state index is 0.983. The second kappa shape index (κ2) is 2.89. The van der Waals surface area contributed by atoms with Crippen molar-refractivity contribution in [2.75, 3.05) is 0 Å². The molecule has 0 aliphatic rings. The third kappa shape index (κ3) is 1.05. The highest BCUT2D eigenvalue weighted by molar-refractivity contribution is 5.81. The second-order valence-corrected chi connectivity index (χ2v) is 2.73. The van der Waals surface area contributed by atoms with Crippen LogP contribution in [0.1, 0.15) is 12.5 Å². The van der Waals surface area contributed by atoms with Gasteiger partial charge < -0.3 is 0 Å². The van der Waals surface area contributed by atoms with E-state index < -0.39 is 0 Å². The molecule has 0 radical (unpaired) electrons.